The van der Waals surface area contributed by atoms with Gasteiger partial charge in [-0.2, -0.15) is 0 Å². The van der Waals surface area contributed by atoms with Gasteiger partial charge in [0.15, 0.2) is 0 Å². The topological polar surface area (TPSA) is 110 Å². The molecule has 0 unspecified atom stereocenters. The number of hydrogen-bond donors (Lipinski definition) is 2. The van der Waals surface area contributed by atoms with Gasteiger partial charge in [0.2, 0.25) is 5.91 Å². The van der Waals surface area contributed by atoms with Crippen molar-refractivity contribution in [2.24, 2.45) is 0 Å². The van der Waals surface area contributed by atoms with E-state index in [9.17, 15) is 19.2 Å². The number of aryl methyl sites for hydroxylation is 2. The molecule has 0 aliphatic rings. The molecule has 0 aliphatic heterocycles. The van der Waals surface area contributed by atoms with Crippen molar-refractivity contribution in [3.63, 3.8) is 0 Å². The van der Waals surface area contributed by atoms with Crippen LogP contribution in [0.2, 0.25) is 0 Å². The zero-order chi connectivity index (χ0) is 21.7. The van der Waals surface area contributed by atoms with Crippen LogP contribution in [0.4, 0.5) is 0 Å². The van der Waals surface area contributed by atoms with Crippen molar-refractivity contribution in [3.8, 4) is 0 Å². The van der Waals surface area contributed by atoms with E-state index < -0.39 is 17.6 Å². The van der Waals surface area contributed by atoms with E-state index in [-0.39, 0.29) is 30.9 Å². The summed E-state index contributed by atoms with van der Waals surface area (Å²) >= 11 is 0. The van der Waals surface area contributed by atoms with Crippen LogP contribution in [-0.4, -0.2) is 28.8 Å². The number of nitrogens with zero attached hydrogens (tertiary/aromatic N) is 1. The molecule has 1 amide bonds. The lowest BCUT2D eigenvalue weighted by Crippen LogP contribution is -2.34. The lowest BCUT2D eigenvalue weighted by atomic mass is 10.0. The zero-order valence-corrected chi connectivity index (χ0v) is 16.8. The average molecular weight is 409 g/mol. The molecule has 0 radical (unpaired) electrons. The molecule has 0 spiro atoms. The number of hydrogen-bond acceptors (Lipinski definition) is 5. The predicted octanol–water partition coefficient (Wildman–Crippen LogP) is 1.81. The molecule has 0 saturated heterocycles. The van der Waals surface area contributed by atoms with Gasteiger partial charge < -0.3 is 10.1 Å². The Hall–Kier alpha value is -3.68. The van der Waals surface area contributed by atoms with Crippen LogP contribution in [0.25, 0.3) is 10.8 Å². The Morgan fingerprint density at radius 3 is 2.40 bits per heavy atom. The number of benzene rings is 2. The number of carbonyl (C=O) groups is 2. The van der Waals surface area contributed by atoms with Crippen LogP contribution in [0.3, 0.4) is 0 Å². The number of aromatic amines is 1. The Morgan fingerprint density at radius 2 is 1.73 bits per heavy atom. The fourth-order valence-electron chi connectivity index (χ4n) is 3.18. The molecular weight excluding hydrogens is 386 g/mol. The van der Waals surface area contributed by atoms with E-state index in [4.69, 9.17) is 4.74 Å². The quantitative estimate of drug-likeness (QED) is 0.578. The molecule has 8 nitrogen and oxygen atoms in total. The molecule has 30 heavy (non-hydrogen) atoms. The molecule has 2 aromatic carbocycles. The summed E-state index contributed by atoms with van der Waals surface area (Å²) in [6, 6.07) is 13.4. The van der Waals surface area contributed by atoms with Gasteiger partial charge in [0.1, 0.15) is 0 Å². The average Bonchev–Trinajstić information content (AvgIpc) is 2.75. The number of carbonyl (C=O) groups excluding carboxylic acids is 2. The molecule has 8 heteroatoms. The fraction of sp³-hybridized carbons (Fsp3) is 0.273. The smallest absolute Gasteiger partial charge is 0.307 e. The third kappa shape index (κ3) is 4.83. The molecule has 0 fully saturated rings. The SMILES string of the molecule is COC(=O)C[C@@H](NC(=O)CCn1[nH]c(=O)c2ccccc2c1=O)c1ccc(C)cc1. The van der Waals surface area contributed by atoms with Gasteiger partial charge in [0.25, 0.3) is 11.1 Å². The van der Waals surface area contributed by atoms with Crippen molar-refractivity contribution in [1.82, 2.24) is 15.1 Å². The summed E-state index contributed by atoms with van der Waals surface area (Å²) in [6.07, 6.45) is -0.0597. The minimum absolute atomic E-state index is 0.00355. The second-order valence-electron chi connectivity index (χ2n) is 7.00. The van der Waals surface area contributed by atoms with E-state index in [1.807, 2.05) is 31.2 Å². The van der Waals surface area contributed by atoms with Gasteiger partial charge in [-0.05, 0) is 24.6 Å². The normalized spacial score (nSPS) is 11.8. The van der Waals surface area contributed by atoms with Crippen LogP contribution in [0.5, 0.6) is 0 Å². The van der Waals surface area contributed by atoms with Gasteiger partial charge in [-0.3, -0.25) is 24.3 Å². The molecule has 1 aromatic heterocycles. The summed E-state index contributed by atoms with van der Waals surface area (Å²) < 4.78 is 5.86. The number of aromatic nitrogens is 2. The third-order valence-electron chi connectivity index (χ3n) is 4.86. The highest BCUT2D eigenvalue weighted by molar-refractivity contribution is 5.80. The molecule has 1 heterocycles. The lowest BCUT2D eigenvalue weighted by Gasteiger charge is -2.18. The number of fused-ring (bicyclic) bond motifs is 1. The number of amides is 1. The summed E-state index contributed by atoms with van der Waals surface area (Å²) in [7, 11) is 1.29. The standard InChI is InChI=1S/C22H23N3O5/c1-14-7-9-15(10-8-14)18(13-20(27)30-2)23-19(26)11-12-25-22(29)17-6-4-3-5-16(17)21(28)24-25/h3-10,18H,11-13H2,1-2H3,(H,23,26)(H,24,28)/t18-/m1/s1. The molecule has 1 atom stereocenters. The first-order valence-corrected chi connectivity index (χ1v) is 9.53. The molecule has 2 N–H and O–H groups in total. The van der Waals surface area contributed by atoms with E-state index in [1.54, 1.807) is 24.3 Å². The van der Waals surface area contributed by atoms with Gasteiger partial charge >= 0.3 is 5.97 Å². The van der Waals surface area contributed by atoms with Crippen LogP contribution < -0.4 is 16.4 Å². The van der Waals surface area contributed by atoms with Gasteiger partial charge in [-0.1, -0.05) is 42.0 Å². The Bertz CT molecular complexity index is 1180. The van der Waals surface area contributed by atoms with Crippen LogP contribution in [0, 0.1) is 6.92 Å². The van der Waals surface area contributed by atoms with Crippen LogP contribution in [0.15, 0.2) is 58.1 Å². The van der Waals surface area contributed by atoms with Gasteiger partial charge in [-0.25, -0.2) is 4.68 Å². The fourth-order valence-corrected chi connectivity index (χ4v) is 3.18. The van der Waals surface area contributed by atoms with Crippen molar-refractivity contribution in [2.75, 3.05) is 7.11 Å². The maximum Gasteiger partial charge on any atom is 0.307 e. The first kappa shape index (κ1) is 21.0. The van der Waals surface area contributed by atoms with E-state index >= 15 is 0 Å². The predicted molar refractivity (Wildman–Crippen MR) is 112 cm³/mol. The number of nitrogens with one attached hydrogen (secondary N) is 2. The van der Waals surface area contributed by atoms with Crippen molar-refractivity contribution in [1.29, 1.82) is 0 Å². The van der Waals surface area contributed by atoms with Gasteiger partial charge in [0, 0.05) is 6.42 Å². The number of esters is 1. The van der Waals surface area contributed by atoms with Gasteiger partial charge in [-0.15, -0.1) is 0 Å². The van der Waals surface area contributed by atoms with E-state index in [1.165, 1.54) is 7.11 Å². The van der Waals surface area contributed by atoms with Crippen molar-refractivity contribution in [3.05, 3.63) is 80.4 Å². The minimum Gasteiger partial charge on any atom is -0.469 e. The second-order valence-corrected chi connectivity index (χ2v) is 7.00. The summed E-state index contributed by atoms with van der Waals surface area (Å²) in [4.78, 5) is 49.0. The number of H-pyrrole nitrogens is 1. The largest absolute Gasteiger partial charge is 0.469 e. The highest BCUT2D eigenvalue weighted by Crippen LogP contribution is 2.18. The number of methoxy groups -OCH3 is 1. The lowest BCUT2D eigenvalue weighted by molar-refractivity contribution is -0.141. The number of rotatable bonds is 7. The monoisotopic (exact) mass is 409 g/mol. The Balaban J connectivity index is 1.74. The maximum atomic E-state index is 12.6. The Labute approximate surface area is 172 Å². The van der Waals surface area contributed by atoms with E-state index in [2.05, 4.69) is 10.4 Å². The molecule has 0 aliphatic carbocycles. The van der Waals surface area contributed by atoms with E-state index in [0.717, 1.165) is 15.8 Å². The van der Waals surface area contributed by atoms with Gasteiger partial charge in [0.05, 0.1) is 36.9 Å². The van der Waals surface area contributed by atoms with Crippen molar-refractivity contribution in [2.45, 2.75) is 32.4 Å². The summed E-state index contributed by atoms with van der Waals surface area (Å²) in [5.74, 6) is -0.804. The number of ether oxygens (including phenoxy) is 1. The van der Waals surface area contributed by atoms with E-state index in [0.29, 0.717) is 10.8 Å². The first-order chi connectivity index (χ1) is 14.4. The van der Waals surface area contributed by atoms with Crippen molar-refractivity contribution < 1.29 is 14.3 Å². The Morgan fingerprint density at radius 1 is 1.07 bits per heavy atom. The maximum absolute atomic E-state index is 12.6. The van der Waals surface area contributed by atoms with Crippen LogP contribution in [0.1, 0.15) is 30.0 Å². The second kappa shape index (κ2) is 9.21. The molecule has 3 rings (SSSR count). The molecule has 0 saturated carbocycles. The highest BCUT2D eigenvalue weighted by Gasteiger charge is 2.19. The Kier molecular flexibility index (Phi) is 6.46. The summed E-state index contributed by atoms with van der Waals surface area (Å²) in [5.41, 5.74) is 1.06. The highest BCUT2D eigenvalue weighted by atomic mass is 16.5. The molecule has 0 bridgehead atoms. The van der Waals surface area contributed by atoms with Crippen LogP contribution in [-0.2, 0) is 20.9 Å². The van der Waals surface area contributed by atoms with Crippen molar-refractivity contribution >= 4 is 22.6 Å². The molecule has 156 valence electrons. The van der Waals surface area contributed by atoms with Crippen LogP contribution >= 0.6 is 0 Å². The molecule has 3 aromatic rings. The molecular formula is C22H23N3O5. The summed E-state index contributed by atoms with van der Waals surface area (Å²) in [5, 5.41) is 5.92. The zero-order valence-electron chi connectivity index (χ0n) is 16.8. The third-order valence-corrected chi connectivity index (χ3v) is 4.86. The first-order valence-electron chi connectivity index (χ1n) is 9.53. The summed E-state index contributed by atoms with van der Waals surface area (Å²) in [6.45, 7) is 1.95. The minimum atomic E-state index is -0.557.